The maximum atomic E-state index is 11.6. The third-order valence-electron chi connectivity index (χ3n) is 5.37. The molecular formula is C27H36O5. The summed E-state index contributed by atoms with van der Waals surface area (Å²) in [6.07, 6.45) is 10.0. The lowest BCUT2D eigenvalue weighted by Crippen LogP contribution is -2.05. The molecule has 0 amide bonds. The van der Waals surface area contributed by atoms with E-state index >= 15 is 0 Å². The number of carboxylic acids is 1. The minimum absolute atomic E-state index is 0.105. The van der Waals surface area contributed by atoms with E-state index in [9.17, 15) is 24.9 Å². The van der Waals surface area contributed by atoms with Gasteiger partial charge in [-0.05, 0) is 89.5 Å². The number of carbonyl (C=O) groups is 2. The maximum absolute atomic E-state index is 11.6. The smallest absolute Gasteiger partial charge is 0.331 e. The molecule has 0 heterocycles. The van der Waals surface area contributed by atoms with E-state index < -0.39 is 5.97 Å². The Kier molecular flexibility index (Phi) is 11.3. The second-order valence-electron chi connectivity index (χ2n) is 8.39. The molecule has 0 bridgehead atoms. The number of phenolic OH excluding ortho intramolecular Hbond substituents is 2. The molecule has 32 heavy (non-hydrogen) atoms. The summed E-state index contributed by atoms with van der Waals surface area (Å²) in [4.78, 5) is 23.0. The Bertz CT molecular complexity index is 932. The lowest BCUT2D eigenvalue weighted by Gasteiger charge is -2.07. The summed E-state index contributed by atoms with van der Waals surface area (Å²) in [6, 6.07) is 3.13. The zero-order valence-electron chi connectivity index (χ0n) is 19.7. The van der Waals surface area contributed by atoms with Crippen LogP contribution < -0.4 is 0 Å². The van der Waals surface area contributed by atoms with Crippen LogP contribution in [0.3, 0.4) is 0 Å². The van der Waals surface area contributed by atoms with E-state index in [0.29, 0.717) is 29.5 Å². The van der Waals surface area contributed by atoms with Gasteiger partial charge in [-0.3, -0.25) is 4.79 Å². The number of Topliss-reactive ketones (excluding diaryl/α,β-unsaturated/α-hetero) is 1. The number of aryl methyl sites for hydroxylation is 1. The van der Waals surface area contributed by atoms with Gasteiger partial charge in [-0.15, -0.1) is 0 Å². The molecule has 0 spiro atoms. The Morgan fingerprint density at radius 1 is 0.906 bits per heavy atom. The van der Waals surface area contributed by atoms with Crippen molar-refractivity contribution in [1.29, 1.82) is 0 Å². The summed E-state index contributed by atoms with van der Waals surface area (Å²) in [5.74, 6) is -0.705. The predicted molar refractivity (Wildman–Crippen MR) is 129 cm³/mol. The molecule has 0 saturated carbocycles. The first-order valence-corrected chi connectivity index (χ1v) is 10.9. The van der Waals surface area contributed by atoms with Gasteiger partial charge in [-0.2, -0.15) is 0 Å². The van der Waals surface area contributed by atoms with Gasteiger partial charge in [0.1, 0.15) is 11.5 Å². The standard InChI is InChI=1S/C27H36O5/c1-18(2)25(29)15-14-22(27(31)32)11-7-10-19(3)8-6-9-20(4)12-13-23-17-24(28)16-21(5)26(23)30/h8,11-12,16-17,28,30H,1,6-7,9-10,13-15H2,2-5H3,(H,31,32)/b19-8+,20-12+,22-11+. The Labute approximate surface area is 191 Å². The van der Waals surface area contributed by atoms with Gasteiger partial charge in [0.05, 0.1) is 0 Å². The van der Waals surface area contributed by atoms with Crippen molar-refractivity contribution in [3.8, 4) is 11.5 Å². The monoisotopic (exact) mass is 440 g/mol. The molecule has 0 radical (unpaired) electrons. The van der Waals surface area contributed by atoms with Crippen LogP contribution in [0.2, 0.25) is 0 Å². The molecule has 1 rings (SSSR count). The van der Waals surface area contributed by atoms with E-state index in [4.69, 9.17) is 0 Å². The summed E-state index contributed by atoms with van der Waals surface area (Å²) in [5, 5.41) is 29.1. The van der Waals surface area contributed by atoms with Crippen molar-refractivity contribution in [2.24, 2.45) is 0 Å². The molecule has 0 aliphatic rings. The lowest BCUT2D eigenvalue weighted by molar-refractivity contribution is -0.132. The number of rotatable bonds is 13. The molecule has 0 aliphatic heterocycles. The molecule has 1 aromatic carbocycles. The predicted octanol–water partition coefficient (Wildman–Crippen LogP) is 6.34. The topological polar surface area (TPSA) is 94.8 Å². The number of aromatic hydroxyl groups is 2. The molecule has 0 aromatic heterocycles. The van der Waals surface area contributed by atoms with Crippen molar-refractivity contribution < 1.29 is 24.9 Å². The molecule has 0 saturated heterocycles. The van der Waals surface area contributed by atoms with E-state index in [0.717, 1.165) is 19.3 Å². The third-order valence-corrected chi connectivity index (χ3v) is 5.37. The maximum Gasteiger partial charge on any atom is 0.331 e. The fourth-order valence-electron chi connectivity index (χ4n) is 3.25. The minimum Gasteiger partial charge on any atom is -0.508 e. The van der Waals surface area contributed by atoms with Crippen molar-refractivity contribution in [3.63, 3.8) is 0 Å². The quantitative estimate of drug-likeness (QED) is 0.189. The van der Waals surface area contributed by atoms with E-state index in [1.54, 1.807) is 32.1 Å². The van der Waals surface area contributed by atoms with Crippen molar-refractivity contribution in [1.82, 2.24) is 0 Å². The van der Waals surface area contributed by atoms with E-state index in [2.05, 4.69) is 18.7 Å². The van der Waals surface area contributed by atoms with Crippen LogP contribution >= 0.6 is 0 Å². The van der Waals surface area contributed by atoms with Crippen LogP contribution in [0.5, 0.6) is 11.5 Å². The summed E-state index contributed by atoms with van der Waals surface area (Å²) in [5.41, 5.74) is 4.48. The minimum atomic E-state index is -0.977. The number of hydrogen-bond acceptors (Lipinski definition) is 4. The average molecular weight is 441 g/mol. The Balaban J connectivity index is 2.52. The van der Waals surface area contributed by atoms with Crippen LogP contribution in [0.4, 0.5) is 0 Å². The highest BCUT2D eigenvalue weighted by molar-refractivity contribution is 5.95. The van der Waals surface area contributed by atoms with Crippen molar-refractivity contribution in [2.45, 2.75) is 72.6 Å². The molecule has 1 aromatic rings. The van der Waals surface area contributed by atoms with Gasteiger partial charge in [-0.1, -0.05) is 36.0 Å². The Hall–Kier alpha value is -3.08. The van der Waals surface area contributed by atoms with E-state index in [-0.39, 0.29) is 35.7 Å². The van der Waals surface area contributed by atoms with Crippen molar-refractivity contribution >= 4 is 11.8 Å². The highest BCUT2D eigenvalue weighted by atomic mass is 16.4. The summed E-state index contributed by atoms with van der Waals surface area (Å²) < 4.78 is 0. The number of carboxylic acid groups (broad SMARTS) is 1. The normalized spacial score (nSPS) is 12.7. The molecular weight excluding hydrogens is 404 g/mol. The number of benzene rings is 1. The number of hydrogen-bond donors (Lipinski definition) is 3. The molecule has 5 heteroatoms. The molecule has 174 valence electrons. The summed E-state index contributed by atoms with van der Waals surface area (Å²) in [7, 11) is 0. The largest absolute Gasteiger partial charge is 0.508 e. The molecule has 5 nitrogen and oxygen atoms in total. The van der Waals surface area contributed by atoms with Crippen LogP contribution in [-0.2, 0) is 16.0 Å². The Morgan fingerprint density at radius 3 is 2.09 bits per heavy atom. The van der Waals surface area contributed by atoms with Gasteiger partial charge in [0.15, 0.2) is 5.78 Å². The molecule has 0 unspecified atom stereocenters. The first kappa shape index (κ1) is 27.0. The number of aliphatic carboxylic acids is 1. The third kappa shape index (κ3) is 9.82. The van der Waals surface area contributed by atoms with Crippen LogP contribution in [0.25, 0.3) is 0 Å². The Morgan fingerprint density at radius 2 is 1.50 bits per heavy atom. The zero-order chi connectivity index (χ0) is 24.3. The van der Waals surface area contributed by atoms with E-state index in [1.807, 2.05) is 13.8 Å². The molecule has 0 atom stereocenters. The van der Waals surface area contributed by atoms with Crippen molar-refractivity contribution in [2.75, 3.05) is 0 Å². The van der Waals surface area contributed by atoms with Gasteiger partial charge in [0, 0.05) is 17.6 Å². The van der Waals surface area contributed by atoms with Crippen LogP contribution in [0.1, 0.15) is 70.4 Å². The van der Waals surface area contributed by atoms with Gasteiger partial charge < -0.3 is 15.3 Å². The molecule has 0 fully saturated rings. The first-order valence-electron chi connectivity index (χ1n) is 10.9. The van der Waals surface area contributed by atoms with Crippen LogP contribution in [-0.4, -0.2) is 27.1 Å². The fourth-order valence-corrected chi connectivity index (χ4v) is 3.25. The van der Waals surface area contributed by atoms with Crippen LogP contribution in [0, 0.1) is 6.92 Å². The van der Waals surface area contributed by atoms with Gasteiger partial charge in [0.25, 0.3) is 0 Å². The number of allylic oxidation sites excluding steroid dienone is 6. The molecule has 0 aliphatic carbocycles. The SMILES string of the molecule is C=C(C)C(=O)CC/C(=C\CC/C(C)=C/CC/C(C)=C/Cc1cc(O)cc(C)c1O)C(=O)O. The van der Waals surface area contributed by atoms with Gasteiger partial charge in [0.2, 0.25) is 0 Å². The number of carbonyl (C=O) groups excluding carboxylic acids is 1. The number of phenols is 2. The second-order valence-corrected chi connectivity index (χ2v) is 8.39. The lowest BCUT2D eigenvalue weighted by atomic mass is 10.0. The van der Waals surface area contributed by atoms with Crippen LogP contribution in [0.15, 0.2) is 59.2 Å². The van der Waals surface area contributed by atoms with Gasteiger partial charge >= 0.3 is 5.97 Å². The average Bonchev–Trinajstić information content (AvgIpc) is 2.71. The molecule has 3 N–H and O–H groups in total. The fraction of sp³-hybridized carbons (Fsp3) is 0.407. The highest BCUT2D eigenvalue weighted by Gasteiger charge is 2.10. The van der Waals surface area contributed by atoms with E-state index in [1.165, 1.54) is 11.1 Å². The zero-order valence-corrected chi connectivity index (χ0v) is 19.7. The number of ketones is 1. The van der Waals surface area contributed by atoms with Crippen molar-refractivity contribution in [3.05, 3.63) is 70.4 Å². The summed E-state index contributed by atoms with van der Waals surface area (Å²) in [6.45, 7) is 11.1. The first-order chi connectivity index (χ1) is 15.0. The summed E-state index contributed by atoms with van der Waals surface area (Å²) >= 11 is 0. The second kappa shape index (κ2) is 13.4. The van der Waals surface area contributed by atoms with Gasteiger partial charge in [-0.25, -0.2) is 4.79 Å². The highest BCUT2D eigenvalue weighted by Crippen LogP contribution is 2.28.